The van der Waals surface area contributed by atoms with Gasteiger partial charge in [-0.05, 0) is 36.6 Å². The van der Waals surface area contributed by atoms with Crippen LogP contribution in [0.5, 0.6) is 0 Å². The van der Waals surface area contributed by atoms with E-state index in [0.717, 1.165) is 17.5 Å². The summed E-state index contributed by atoms with van der Waals surface area (Å²) in [5, 5.41) is 0. The Kier molecular flexibility index (Phi) is 3.84. The Morgan fingerprint density at radius 2 is 2.10 bits per heavy atom. The van der Waals surface area contributed by atoms with Crippen molar-refractivity contribution in [1.29, 1.82) is 0 Å². The number of ether oxygens (including phenoxy) is 1. The quantitative estimate of drug-likeness (QED) is 0.796. The molecule has 2 aromatic carbocycles. The molecule has 0 saturated carbocycles. The fraction of sp³-hybridized carbons (Fsp3) is 0.278. The van der Waals surface area contributed by atoms with Crippen molar-refractivity contribution in [3.8, 4) is 0 Å². The number of hydrogen-bond donors (Lipinski definition) is 0. The van der Waals surface area contributed by atoms with Gasteiger partial charge in [0.15, 0.2) is 5.78 Å². The van der Waals surface area contributed by atoms with E-state index in [2.05, 4.69) is 6.07 Å². The Morgan fingerprint density at radius 3 is 2.95 bits per heavy atom. The molecule has 1 heterocycles. The summed E-state index contributed by atoms with van der Waals surface area (Å²) in [5.74, 6) is -0.674. The van der Waals surface area contributed by atoms with E-state index >= 15 is 0 Å². The van der Waals surface area contributed by atoms with Gasteiger partial charge in [-0.25, -0.2) is 4.39 Å². The third-order valence-electron chi connectivity index (χ3n) is 3.89. The summed E-state index contributed by atoms with van der Waals surface area (Å²) in [6.07, 6.45) is 0.763. The molecule has 0 radical (unpaired) electrons. The Labute approximate surface area is 123 Å². The lowest BCUT2D eigenvalue weighted by atomic mass is 9.93. The molecule has 0 bridgehead atoms. The molecule has 1 aliphatic rings. The Morgan fingerprint density at radius 1 is 1.29 bits per heavy atom. The first kappa shape index (κ1) is 14.0. The predicted octanol–water partition coefficient (Wildman–Crippen LogP) is 4.02. The highest BCUT2D eigenvalue weighted by Crippen LogP contribution is 2.30. The summed E-state index contributed by atoms with van der Waals surface area (Å²) in [6.45, 7) is 2.45. The molecule has 1 atom stereocenters. The Balaban J connectivity index is 1.84. The lowest BCUT2D eigenvalue weighted by Gasteiger charge is -2.25. The second-order valence-electron chi connectivity index (χ2n) is 5.42. The van der Waals surface area contributed by atoms with Gasteiger partial charge in [0.1, 0.15) is 5.82 Å². The summed E-state index contributed by atoms with van der Waals surface area (Å²) >= 11 is 0. The molecule has 1 unspecified atom stereocenters. The molecule has 0 amide bonds. The molecule has 0 aromatic heterocycles. The molecule has 0 N–H and O–H groups in total. The number of carbonyl (C=O) groups excluding carboxylic acids is 1. The minimum atomic E-state index is -0.463. The first-order valence-electron chi connectivity index (χ1n) is 7.14. The molecule has 21 heavy (non-hydrogen) atoms. The summed E-state index contributed by atoms with van der Waals surface area (Å²) < 4.78 is 19.5. The van der Waals surface area contributed by atoms with E-state index in [9.17, 15) is 9.18 Å². The maximum Gasteiger partial charge on any atom is 0.168 e. The lowest BCUT2D eigenvalue weighted by Crippen LogP contribution is -2.19. The van der Waals surface area contributed by atoms with Crippen LogP contribution < -0.4 is 0 Å². The number of aryl methyl sites for hydroxylation is 1. The van der Waals surface area contributed by atoms with Crippen LogP contribution in [0.2, 0.25) is 0 Å². The fourth-order valence-corrected chi connectivity index (χ4v) is 2.78. The van der Waals surface area contributed by atoms with E-state index in [1.165, 1.54) is 11.6 Å². The molecule has 2 aromatic rings. The maximum absolute atomic E-state index is 13.8. The number of rotatable bonds is 3. The number of fused-ring (bicyclic) bond motifs is 1. The number of Topliss-reactive ketones (excluding diaryl/α,β-unsaturated/α-hetero) is 1. The fourth-order valence-electron chi connectivity index (χ4n) is 2.78. The summed E-state index contributed by atoms with van der Waals surface area (Å²) in [7, 11) is 0. The highest BCUT2D eigenvalue weighted by molar-refractivity contribution is 5.96. The highest BCUT2D eigenvalue weighted by Gasteiger charge is 2.24. The van der Waals surface area contributed by atoms with Gasteiger partial charge in [0, 0.05) is 6.42 Å². The smallest absolute Gasteiger partial charge is 0.168 e. The van der Waals surface area contributed by atoms with Crippen molar-refractivity contribution in [3.05, 3.63) is 70.5 Å². The third kappa shape index (κ3) is 2.88. The van der Waals surface area contributed by atoms with Gasteiger partial charge in [-0.2, -0.15) is 0 Å². The molecule has 0 spiro atoms. The summed E-state index contributed by atoms with van der Waals surface area (Å²) in [6, 6.07) is 12.6. The van der Waals surface area contributed by atoms with Crippen molar-refractivity contribution in [3.63, 3.8) is 0 Å². The third-order valence-corrected chi connectivity index (χ3v) is 3.89. The molecule has 1 aliphatic heterocycles. The van der Waals surface area contributed by atoms with Crippen molar-refractivity contribution < 1.29 is 13.9 Å². The Bertz CT molecular complexity index is 679. The number of halogens is 1. The van der Waals surface area contributed by atoms with E-state index in [4.69, 9.17) is 4.74 Å². The zero-order valence-corrected chi connectivity index (χ0v) is 11.9. The predicted molar refractivity (Wildman–Crippen MR) is 78.9 cm³/mol. The van der Waals surface area contributed by atoms with Crippen LogP contribution in [-0.2, 0) is 11.2 Å². The Hall–Kier alpha value is -2.00. The molecular formula is C18H17FO2. The van der Waals surface area contributed by atoms with Crippen LogP contribution in [0, 0.1) is 12.7 Å². The number of ketones is 1. The van der Waals surface area contributed by atoms with Gasteiger partial charge in [0.25, 0.3) is 0 Å². The van der Waals surface area contributed by atoms with E-state index in [1.807, 2.05) is 25.1 Å². The van der Waals surface area contributed by atoms with Gasteiger partial charge >= 0.3 is 0 Å². The van der Waals surface area contributed by atoms with Gasteiger partial charge in [0.05, 0.1) is 18.3 Å². The molecule has 108 valence electrons. The van der Waals surface area contributed by atoms with Crippen LogP contribution in [0.25, 0.3) is 0 Å². The molecular weight excluding hydrogens is 267 g/mol. The molecule has 0 aliphatic carbocycles. The number of benzene rings is 2. The van der Waals surface area contributed by atoms with E-state index in [0.29, 0.717) is 6.61 Å². The minimum Gasteiger partial charge on any atom is -0.373 e. The van der Waals surface area contributed by atoms with Gasteiger partial charge in [-0.3, -0.25) is 4.79 Å². The molecule has 3 heteroatoms. The molecule has 0 saturated heterocycles. The van der Waals surface area contributed by atoms with Gasteiger partial charge < -0.3 is 4.74 Å². The summed E-state index contributed by atoms with van der Waals surface area (Å²) in [5.41, 5.74) is 3.29. The molecule has 3 rings (SSSR count). The van der Waals surface area contributed by atoms with Crippen LogP contribution in [0.15, 0.2) is 42.5 Å². The van der Waals surface area contributed by atoms with Crippen LogP contribution in [0.3, 0.4) is 0 Å². The summed E-state index contributed by atoms with van der Waals surface area (Å²) in [4.78, 5) is 12.4. The monoisotopic (exact) mass is 284 g/mol. The highest BCUT2D eigenvalue weighted by atomic mass is 19.1. The average molecular weight is 284 g/mol. The first-order valence-corrected chi connectivity index (χ1v) is 7.14. The van der Waals surface area contributed by atoms with Gasteiger partial charge in [0.2, 0.25) is 0 Å². The van der Waals surface area contributed by atoms with Crippen molar-refractivity contribution in [2.75, 3.05) is 6.61 Å². The van der Waals surface area contributed by atoms with Crippen molar-refractivity contribution >= 4 is 5.78 Å². The topological polar surface area (TPSA) is 26.3 Å². The maximum atomic E-state index is 13.8. The zero-order valence-electron chi connectivity index (χ0n) is 11.9. The number of hydrogen-bond acceptors (Lipinski definition) is 2. The normalized spacial score (nSPS) is 17.3. The van der Waals surface area contributed by atoms with E-state index in [1.54, 1.807) is 12.1 Å². The molecule has 2 nitrogen and oxygen atoms in total. The van der Waals surface area contributed by atoms with Crippen molar-refractivity contribution in [2.24, 2.45) is 0 Å². The van der Waals surface area contributed by atoms with Crippen molar-refractivity contribution in [1.82, 2.24) is 0 Å². The van der Waals surface area contributed by atoms with Crippen LogP contribution in [-0.4, -0.2) is 12.4 Å². The standard InChI is InChI=1S/C18H17FO2/c1-12-6-7-16(19)15(10-12)17(20)11-18-14-5-3-2-4-13(14)8-9-21-18/h2-7,10,18H,8-9,11H2,1H3. The van der Waals surface area contributed by atoms with E-state index in [-0.39, 0.29) is 23.9 Å². The SMILES string of the molecule is Cc1ccc(F)c(C(=O)CC2OCCc3ccccc32)c1. The van der Waals surface area contributed by atoms with Crippen LogP contribution >= 0.6 is 0 Å². The second kappa shape index (κ2) is 5.78. The van der Waals surface area contributed by atoms with Gasteiger partial charge in [-0.15, -0.1) is 0 Å². The average Bonchev–Trinajstić information content (AvgIpc) is 2.50. The largest absolute Gasteiger partial charge is 0.373 e. The number of carbonyl (C=O) groups is 1. The van der Waals surface area contributed by atoms with E-state index < -0.39 is 5.82 Å². The van der Waals surface area contributed by atoms with Gasteiger partial charge in [-0.1, -0.05) is 35.9 Å². The van der Waals surface area contributed by atoms with Crippen LogP contribution in [0.4, 0.5) is 4.39 Å². The first-order chi connectivity index (χ1) is 10.1. The minimum absolute atomic E-state index is 0.154. The lowest BCUT2D eigenvalue weighted by molar-refractivity contribution is 0.0351. The molecule has 0 fully saturated rings. The second-order valence-corrected chi connectivity index (χ2v) is 5.42. The van der Waals surface area contributed by atoms with Crippen LogP contribution in [0.1, 0.15) is 39.6 Å². The van der Waals surface area contributed by atoms with Crippen molar-refractivity contribution in [2.45, 2.75) is 25.9 Å². The zero-order chi connectivity index (χ0) is 14.8.